The summed E-state index contributed by atoms with van der Waals surface area (Å²) in [6.45, 7) is 2.33. The van der Waals surface area contributed by atoms with Gasteiger partial charge in [-0.3, -0.25) is 0 Å². The highest BCUT2D eigenvalue weighted by Crippen LogP contribution is 2.58. The van der Waals surface area contributed by atoms with Gasteiger partial charge in [0.25, 0.3) is 0 Å². The summed E-state index contributed by atoms with van der Waals surface area (Å²) in [7, 11) is 0. The van der Waals surface area contributed by atoms with E-state index < -0.39 is 0 Å². The molecule has 1 N–H and O–H groups in total. The average Bonchev–Trinajstić information content (AvgIpc) is 2.84. The van der Waals surface area contributed by atoms with Gasteiger partial charge in [-0.2, -0.15) is 0 Å². The van der Waals surface area contributed by atoms with Crippen LogP contribution in [-0.4, -0.2) is 25.3 Å². The second kappa shape index (κ2) is 5.04. The van der Waals surface area contributed by atoms with E-state index in [1.54, 1.807) is 0 Å². The summed E-state index contributed by atoms with van der Waals surface area (Å²) in [6, 6.07) is 0.874. The first kappa shape index (κ1) is 12.6. The van der Waals surface area contributed by atoms with Gasteiger partial charge in [0, 0.05) is 19.2 Å². The quantitative estimate of drug-likeness (QED) is 0.792. The summed E-state index contributed by atoms with van der Waals surface area (Å²) in [4.78, 5) is 0. The molecule has 3 aliphatic carbocycles. The van der Waals surface area contributed by atoms with E-state index in [4.69, 9.17) is 4.74 Å². The van der Waals surface area contributed by atoms with Crippen molar-refractivity contribution in [1.82, 2.24) is 5.32 Å². The SMILES string of the molecule is C1COC(CCC2(CNC3CC3)CC3CCC2C3)C1. The number of ether oxygens (including phenoxy) is 1. The second-order valence-electron chi connectivity index (χ2n) is 7.77. The largest absolute Gasteiger partial charge is 0.378 e. The Labute approximate surface area is 117 Å². The van der Waals surface area contributed by atoms with E-state index in [9.17, 15) is 0 Å². The molecule has 0 aromatic heterocycles. The van der Waals surface area contributed by atoms with E-state index in [1.165, 1.54) is 70.8 Å². The zero-order valence-corrected chi connectivity index (χ0v) is 12.2. The van der Waals surface area contributed by atoms with Gasteiger partial charge >= 0.3 is 0 Å². The topological polar surface area (TPSA) is 21.3 Å². The molecule has 2 bridgehead atoms. The van der Waals surface area contributed by atoms with E-state index in [1.807, 2.05) is 0 Å². The Bertz CT molecular complexity index is 321. The van der Waals surface area contributed by atoms with Gasteiger partial charge in [0.05, 0.1) is 6.10 Å². The maximum Gasteiger partial charge on any atom is 0.0576 e. The second-order valence-corrected chi connectivity index (χ2v) is 7.77. The fourth-order valence-corrected chi connectivity index (χ4v) is 5.12. The van der Waals surface area contributed by atoms with Gasteiger partial charge in [0.2, 0.25) is 0 Å². The number of fused-ring (bicyclic) bond motifs is 2. The summed E-state index contributed by atoms with van der Waals surface area (Å²) in [6.07, 6.45) is 14.9. The lowest BCUT2D eigenvalue weighted by atomic mass is 9.69. The third-order valence-corrected chi connectivity index (χ3v) is 6.41. The molecular weight excluding hydrogens is 234 g/mol. The summed E-state index contributed by atoms with van der Waals surface area (Å²) >= 11 is 0. The molecule has 108 valence electrons. The van der Waals surface area contributed by atoms with Crippen LogP contribution in [0.2, 0.25) is 0 Å². The van der Waals surface area contributed by atoms with Gasteiger partial charge in [-0.25, -0.2) is 0 Å². The molecule has 1 saturated heterocycles. The summed E-state index contributed by atoms with van der Waals surface area (Å²) in [5.41, 5.74) is 0.650. The van der Waals surface area contributed by atoms with Crippen molar-refractivity contribution in [2.24, 2.45) is 17.3 Å². The zero-order chi connectivity index (χ0) is 12.7. The Morgan fingerprint density at radius 2 is 2.05 bits per heavy atom. The summed E-state index contributed by atoms with van der Waals surface area (Å²) < 4.78 is 5.86. The average molecular weight is 263 g/mol. The molecule has 4 atom stereocenters. The monoisotopic (exact) mass is 263 g/mol. The van der Waals surface area contributed by atoms with Crippen LogP contribution in [0.5, 0.6) is 0 Å². The lowest BCUT2D eigenvalue weighted by Crippen LogP contribution is -2.40. The molecule has 4 fully saturated rings. The smallest absolute Gasteiger partial charge is 0.0576 e. The van der Waals surface area contributed by atoms with Gasteiger partial charge < -0.3 is 10.1 Å². The van der Waals surface area contributed by atoms with Crippen LogP contribution in [0.25, 0.3) is 0 Å². The van der Waals surface area contributed by atoms with Crippen molar-refractivity contribution in [2.75, 3.05) is 13.2 Å². The maximum atomic E-state index is 5.86. The van der Waals surface area contributed by atoms with Gasteiger partial charge in [-0.05, 0) is 75.0 Å². The van der Waals surface area contributed by atoms with E-state index in [0.29, 0.717) is 11.5 Å². The van der Waals surface area contributed by atoms with Crippen molar-refractivity contribution in [3.05, 3.63) is 0 Å². The van der Waals surface area contributed by atoms with Crippen molar-refractivity contribution in [1.29, 1.82) is 0 Å². The molecule has 0 amide bonds. The zero-order valence-electron chi connectivity index (χ0n) is 12.2. The molecule has 0 aromatic rings. The molecule has 2 nitrogen and oxygen atoms in total. The minimum atomic E-state index is 0.594. The van der Waals surface area contributed by atoms with Crippen LogP contribution in [0.15, 0.2) is 0 Å². The van der Waals surface area contributed by atoms with Crippen LogP contribution in [0.3, 0.4) is 0 Å². The van der Waals surface area contributed by atoms with Gasteiger partial charge in [0.1, 0.15) is 0 Å². The standard InChI is InChI=1S/C17H29NO/c1-2-16(19-9-1)7-8-17(12-18-15-5-6-15)11-13-3-4-14(17)10-13/h13-16,18H,1-12H2. The number of hydrogen-bond acceptors (Lipinski definition) is 2. The Kier molecular flexibility index (Phi) is 3.35. The number of hydrogen-bond donors (Lipinski definition) is 1. The molecule has 4 unspecified atom stereocenters. The molecule has 4 aliphatic rings. The predicted molar refractivity (Wildman–Crippen MR) is 77.1 cm³/mol. The lowest BCUT2D eigenvalue weighted by Gasteiger charge is -2.39. The minimum absolute atomic E-state index is 0.594. The fraction of sp³-hybridized carbons (Fsp3) is 1.00. The lowest BCUT2D eigenvalue weighted by molar-refractivity contribution is 0.0693. The first-order valence-corrected chi connectivity index (χ1v) is 8.69. The van der Waals surface area contributed by atoms with Crippen molar-refractivity contribution in [3.63, 3.8) is 0 Å². The molecule has 1 heterocycles. The molecule has 1 aliphatic heterocycles. The van der Waals surface area contributed by atoms with Gasteiger partial charge in [-0.1, -0.05) is 6.42 Å². The molecule has 2 heteroatoms. The third kappa shape index (κ3) is 2.58. The van der Waals surface area contributed by atoms with E-state index in [2.05, 4.69) is 5.32 Å². The molecule has 0 spiro atoms. The van der Waals surface area contributed by atoms with Crippen LogP contribution >= 0.6 is 0 Å². The van der Waals surface area contributed by atoms with Gasteiger partial charge in [-0.15, -0.1) is 0 Å². The minimum Gasteiger partial charge on any atom is -0.378 e. The van der Waals surface area contributed by atoms with E-state index in [-0.39, 0.29) is 0 Å². The molecule has 0 radical (unpaired) electrons. The Morgan fingerprint density at radius 3 is 2.68 bits per heavy atom. The van der Waals surface area contributed by atoms with E-state index in [0.717, 1.165) is 24.5 Å². The molecule has 3 saturated carbocycles. The Hall–Kier alpha value is -0.0800. The first-order valence-electron chi connectivity index (χ1n) is 8.69. The molecular formula is C17H29NO. The normalized spacial score (nSPS) is 45.2. The van der Waals surface area contributed by atoms with E-state index >= 15 is 0 Å². The van der Waals surface area contributed by atoms with Gasteiger partial charge in [0.15, 0.2) is 0 Å². The van der Waals surface area contributed by atoms with Crippen LogP contribution in [0.4, 0.5) is 0 Å². The van der Waals surface area contributed by atoms with Crippen molar-refractivity contribution in [2.45, 2.75) is 76.4 Å². The molecule has 4 rings (SSSR count). The fourth-order valence-electron chi connectivity index (χ4n) is 5.12. The Balaban J connectivity index is 1.38. The van der Waals surface area contributed by atoms with Crippen LogP contribution in [0.1, 0.15) is 64.2 Å². The predicted octanol–water partition coefficient (Wildman–Crippen LogP) is 3.50. The highest BCUT2D eigenvalue weighted by atomic mass is 16.5. The summed E-state index contributed by atoms with van der Waals surface area (Å²) in [5.74, 6) is 2.10. The first-order chi connectivity index (χ1) is 9.34. The summed E-state index contributed by atoms with van der Waals surface area (Å²) in [5, 5.41) is 3.86. The number of nitrogens with one attached hydrogen (secondary N) is 1. The van der Waals surface area contributed by atoms with Crippen LogP contribution < -0.4 is 5.32 Å². The van der Waals surface area contributed by atoms with Crippen LogP contribution in [0, 0.1) is 17.3 Å². The molecule has 0 aromatic carbocycles. The van der Waals surface area contributed by atoms with Crippen molar-refractivity contribution < 1.29 is 4.74 Å². The highest BCUT2D eigenvalue weighted by Gasteiger charge is 2.50. The highest BCUT2D eigenvalue weighted by molar-refractivity contribution is 5.02. The Morgan fingerprint density at radius 1 is 1.11 bits per heavy atom. The molecule has 19 heavy (non-hydrogen) atoms. The third-order valence-electron chi connectivity index (χ3n) is 6.41. The number of rotatable bonds is 6. The van der Waals surface area contributed by atoms with Crippen molar-refractivity contribution >= 4 is 0 Å². The maximum absolute atomic E-state index is 5.86. The van der Waals surface area contributed by atoms with Crippen molar-refractivity contribution in [3.8, 4) is 0 Å². The van der Waals surface area contributed by atoms with Crippen LogP contribution in [-0.2, 0) is 4.74 Å².